The average Bonchev–Trinajstić information content (AvgIpc) is 3.64. The summed E-state index contributed by atoms with van der Waals surface area (Å²) in [5, 5.41) is 23.3. The summed E-state index contributed by atoms with van der Waals surface area (Å²) >= 11 is 0. The Balaban J connectivity index is 3.37. The molecule has 0 spiro atoms. The number of esters is 1. The van der Waals surface area contributed by atoms with Crippen molar-refractivity contribution >= 4 is 11.9 Å². The molecule has 0 aromatic heterocycles. The summed E-state index contributed by atoms with van der Waals surface area (Å²) in [4.78, 5) is 24.7. The third-order valence-electron chi connectivity index (χ3n) is 19.7. The Bertz CT molecular complexity index is 1470. The Hall–Kier alpha value is -1.92. The van der Waals surface area contributed by atoms with E-state index in [0.717, 1.165) is 44.9 Å². The zero-order chi connectivity index (χ0) is 65.6. The van der Waals surface area contributed by atoms with Gasteiger partial charge in [-0.2, -0.15) is 0 Å². The number of rotatable bonds is 79. The molecule has 0 bridgehead atoms. The average molecular weight is 1280 g/mol. The number of hydrogen-bond donors (Lipinski definition) is 3. The molecule has 2 unspecified atom stereocenters. The number of carbonyl (C=O) groups excluding carboxylic acids is 2. The van der Waals surface area contributed by atoms with Crippen LogP contribution in [0.5, 0.6) is 0 Å². The zero-order valence-corrected chi connectivity index (χ0v) is 61.9. The van der Waals surface area contributed by atoms with E-state index in [2.05, 4.69) is 43.5 Å². The molecule has 0 aliphatic rings. The van der Waals surface area contributed by atoms with Crippen LogP contribution in [0.3, 0.4) is 0 Å². The van der Waals surface area contributed by atoms with Crippen molar-refractivity contribution in [3.63, 3.8) is 0 Å². The highest BCUT2D eigenvalue weighted by atomic mass is 16.5. The molecule has 91 heavy (non-hydrogen) atoms. The van der Waals surface area contributed by atoms with Gasteiger partial charge in [0.25, 0.3) is 0 Å². The molecular weight excluding hydrogens is 1110 g/mol. The summed E-state index contributed by atoms with van der Waals surface area (Å²) < 4.78 is 5.51. The zero-order valence-electron chi connectivity index (χ0n) is 61.9. The van der Waals surface area contributed by atoms with Gasteiger partial charge in [-0.05, 0) is 64.2 Å². The Morgan fingerprint density at radius 2 is 0.549 bits per heavy atom. The number of nitrogens with one attached hydrogen (secondary N) is 1. The van der Waals surface area contributed by atoms with Crippen LogP contribution in [0, 0.1) is 0 Å². The third kappa shape index (κ3) is 77.0. The standard InChI is InChI=1S/C85H163NO5/c1-3-5-7-9-11-13-15-17-19-21-22-42-46-49-53-57-61-65-69-73-77-83(88)82(81-87)86-84(89)78-74-70-66-62-58-54-50-47-43-40-38-36-34-32-30-28-26-24-23-25-27-29-31-33-35-37-39-41-44-48-52-56-60-64-68-72-76-80-91-85(90)79-75-71-67-63-59-55-51-45-20-18-16-14-12-10-8-6-4-2/h23,25,29,31,73,77,82-83,87-88H,3-22,24,26-28,30,32-72,74-76,78-81H2,1-2H3,(H,86,89)/b25-23-,31-29-,77-73+. The normalized spacial score (nSPS) is 12.6. The van der Waals surface area contributed by atoms with E-state index in [0.29, 0.717) is 19.4 Å². The molecule has 3 N–H and O–H groups in total. The molecule has 0 aromatic carbocycles. The smallest absolute Gasteiger partial charge is 0.305 e. The fourth-order valence-electron chi connectivity index (χ4n) is 13.3. The minimum absolute atomic E-state index is 0.0234. The van der Waals surface area contributed by atoms with Crippen LogP contribution in [0.25, 0.3) is 0 Å². The van der Waals surface area contributed by atoms with Gasteiger partial charge in [-0.3, -0.25) is 9.59 Å². The lowest BCUT2D eigenvalue weighted by atomic mass is 10.0. The number of allylic oxidation sites excluding steroid dienone is 5. The van der Waals surface area contributed by atoms with Crippen LogP contribution in [0.4, 0.5) is 0 Å². The molecule has 0 aliphatic heterocycles. The minimum atomic E-state index is -0.844. The SMILES string of the molecule is CCCCCCCCCCCCCCCCCCCC/C=C/C(O)C(CO)NC(=O)CCCCCCCCCCCCCCCCCCC/C=C\C/C=C\CCCCCCCCCCCCCCCOC(=O)CCCCCCCCCCCCCCCCCCC. The number of unbranched alkanes of at least 4 members (excludes halogenated alkanes) is 64. The maximum atomic E-state index is 12.5. The molecule has 0 fully saturated rings. The van der Waals surface area contributed by atoms with Gasteiger partial charge in [-0.25, -0.2) is 0 Å². The van der Waals surface area contributed by atoms with Crippen molar-refractivity contribution in [3.8, 4) is 0 Å². The van der Waals surface area contributed by atoms with Gasteiger partial charge in [-0.1, -0.05) is 429 Å². The summed E-state index contributed by atoms with van der Waals surface area (Å²) in [7, 11) is 0. The molecule has 0 aliphatic carbocycles. The Labute approximate surface area is 570 Å². The molecule has 0 saturated heterocycles. The molecule has 538 valence electrons. The van der Waals surface area contributed by atoms with Crippen LogP contribution in [-0.4, -0.2) is 47.4 Å². The molecular formula is C85H163NO5. The monoisotopic (exact) mass is 1280 g/mol. The Morgan fingerprint density at radius 3 is 0.835 bits per heavy atom. The van der Waals surface area contributed by atoms with Crippen molar-refractivity contribution < 1.29 is 24.5 Å². The lowest BCUT2D eigenvalue weighted by Crippen LogP contribution is -2.45. The van der Waals surface area contributed by atoms with E-state index in [4.69, 9.17) is 4.74 Å². The highest BCUT2D eigenvalue weighted by molar-refractivity contribution is 5.76. The first-order valence-corrected chi connectivity index (χ1v) is 41.8. The van der Waals surface area contributed by atoms with Crippen LogP contribution in [0.1, 0.15) is 470 Å². The van der Waals surface area contributed by atoms with Crippen LogP contribution in [0.15, 0.2) is 36.5 Å². The molecule has 0 aromatic rings. The van der Waals surface area contributed by atoms with Gasteiger partial charge in [0.05, 0.1) is 25.4 Å². The Kier molecular flexibility index (Phi) is 78.8. The van der Waals surface area contributed by atoms with Gasteiger partial charge in [0.15, 0.2) is 0 Å². The van der Waals surface area contributed by atoms with Gasteiger partial charge >= 0.3 is 5.97 Å². The van der Waals surface area contributed by atoms with E-state index < -0.39 is 12.1 Å². The van der Waals surface area contributed by atoms with Gasteiger partial charge in [0, 0.05) is 12.8 Å². The van der Waals surface area contributed by atoms with Crippen molar-refractivity contribution in [2.45, 2.75) is 482 Å². The van der Waals surface area contributed by atoms with Crippen molar-refractivity contribution in [2.75, 3.05) is 13.2 Å². The van der Waals surface area contributed by atoms with Crippen LogP contribution in [-0.2, 0) is 14.3 Å². The highest BCUT2D eigenvalue weighted by Crippen LogP contribution is 2.20. The second kappa shape index (κ2) is 80.5. The second-order valence-corrected chi connectivity index (χ2v) is 28.8. The van der Waals surface area contributed by atoms with Gasteiger partial charge in [-0.15, -0.1) is 0 Å². The van der Waals surface area contributed by atoms with E-state index >= 15 is 0 Å². The van der Waals surface area contributed by atoms with E-state index in [1.807, 2.05) is 6.08 Å². The molecule has 0 rings (SSSR count). The Morgan fingerprint density at radius 1 is 0.308 bits per heavy atom. The fraction of sp³-hybridized carbons (Fsp3) is 0.906. The fourth-order valence-corrected chi connectivity index (χ4v) is 13.3. The number of carbonyl (C=O) groups is 2. The minimum Gasteiger partial charge on any atom is -0.466 e. The number of ether oxygens (including phenoxy) is 1. The molecule has 0 radical (unpaired) electrons. The van der Waals surface area contributed by atoms with Crippen molar-refractivity contribution in [3.05, 3.63) is 36.5 Å². The van der Waals surface area contributed by atoms with Crippen molar-refractivity contribution in [1.29, 1.82) is 0 Å². The van der Waals surface area contributed by atoms with E-state index in [1.54, 1.807) is 6.08 Å². The van der Waals surface area contributed by atoms with Gasteiger partial charge in [0.1, 0.15) is 0 Å². The third-order valence-corrected chi connectivity index (χ3v) is 19.7. The largest absolute Gasteiger partial charge is 0.466 e. The summed E-state index contributed by atoms with van der Waals surface area (Å²) in [6.07, 6.45) is 106. The van der Waals surface area contributed by atoms with E-state index in [9.17, 15) is 19.8 Å². The number of amides is 1. The maximum Gasteiger partial charge on any atom is 0.305 e. The molecule has 6 nitrogen and oxygen atoms in total. The molecule has 0 saturated carbocycles. The predicted octanol–water partition coefficient (Wildman–Crippen LogP) is 27.8. The summed E-state index contributed by atoms with van der Waals surface area (Å²) in [6.45, 7) is 4.96. The van der Waals surface area contributed by atoms with Crippen LogP contribution < -0.4 is 5.32 Å². The second-order valence-electron chi connectivity index (χ2n) is 28.8. The summed E-state index contributed by atoms with van der Waals surface area (Å²) in [5.41, 5.74) is 0. The molecule has 2 atom stereocenters. The van der Waals surface area contributed by atoms with E-state index in [-0.39, 0.29) is 18.5 Å². The van der Waals surface area contributed by atoms with Crippen LogP contribution in [0.2, 0.25) is 0 Å². The van der Waals surface area contributed by atoms with Crippen LogP contribution >= 0.6 is 0 Å². The maximum absolute atomic E-state index is 12.5. The first kappa shape index (κ1) is 89.1. The van der Waals surface area contributed by atoms with Gasteiger partial charge < -0.3 is 20.3 Å². The van der Waals surface area contributed by atoms with Crippen molar-refractivity contribution in [1.82, 2.24) is 5.32 Å². The predicted molar refractivity (Wildman–Crippen MR) is 403 cm³/mol. The number of aliphatic hydroxyl groups is 2. The van der Waals surface area contributed by atoms with E-state index in [1.165, 1.54) is 398 Å². The first-order valence-electron chi connectivity index (χ1n) is 41.8. The molecule has 1 amide bonds. The lowest BCUT2D eigenvalue weighted by Gasteiger charge is -2.20. The van der Waals surface area contributed by atoms with Crippen molar-refractivity contribution in [2.24, 2.45) is 0 Å². The quantitative estimate of drug-likeness (QED) is 0.0320. The summed E-state index contributed by atoms with van der Waals surface area (Å²) in [5.74, 6) is -0.0373. The number of hydrogen-bond acceptors (Lipinski definition) is 5. The first-order chi connectivity index (χ1) is 45.0. The lowest BCUT2D eigenvalue weighted by molar-refractivity contribution is -0.143. The molecule has 0 heterocycles. The highest BCUT2D eigenvalue weighted by Gasteiger charge is 2.18. The van der Waals surface area contributed by atoms with Gasteiger partial charge in [0.2, 0.25) is 5.91 Å². The molecule has 6 heteroatoms. The topological polar surface area (TPSA) is 95.9 Å². The summed E-state index contributed by atoms with van der Waals surface area (Å²) in [6, 6.07) is -0.627. The number of aliphatic hydroxyl groups excluding tert-OH is 2.